The van der Waals surface area contributed by atoms with E-state index in [1.54, 1.807) is 0 Å². The number of halogens is 4. The molecule has 1 aromatic rings. The maximum absolute atomic E-state index is 12.5. The number of nitrogens with zero attached hydrogens (tertiary/aromatic N) is 1. The van der Waals surface area contributed by atoms with Crippen molar-refractivity contribution in [3.63, 3.8) is 0 Å². The normalized spacial score (nSPS) is 11.5. The summed E-state index contributed by atoms with van der Waals surface area (Å²) in [4.78, 5) is 9.95. The molecule has 0 bridgehead atoms. The van der Waals surface area contributed by atoms with Crippen molar-refractivity contribution in [1.82, 2.24) is 0 Å². The molecule has 1 aromatic carbocycles. The van der Waals surface area contributed by atoms with Gasteiger partial charge in [-0.3, -0.25) is 0 Å². The van der Waals surface area contributed by atoms with E-state index in [0.717, 1.165) is 6.07 Å². The smallest absolute Gasteiger partial charge is 0.166 e. The van der Waals surface area contributed by atoms with Crippen molar-refractivity contribution >= 4 is 26.1 Å². The highest BCUT2D eigenvalue weighted by atomic mass is 35.5. The zero-order chi connectivity index (χ0) is 11.6. The van der Waals surface area contributed by atoms with Gasteiger partial charge in [0.05, 0.1) is 5.56 Å². The number of nitroso groups, excluding NO2 is 1. The van der Waals surface area contributed by atoms with Crippen LogP contribution >= 0.6 is 20.8 Å². The lowest BCUT2D eigenvalue weighted by atomic mass is 10.1. The van der Waals surface area contributed by atoms with E-state index in [0.29, 0.717) is 0 Å². The Balaban J connectivity index is 3.31. The van der Waals surface area contributed by atoms with Crippen molar-refractivity contribution in [2.45, 2.75) is 12.7 Å². The topological polar surface area (TPSA) is 29.4 Å². The van der Waals surface area contributed by atoms with Crippen LogP contribution in [-0.2, 0) is 12.7 Å². The van der Waals surface area contributed by atoms with E-state index in [4.69, 9.17) is 11.6 Å². The monoisotopic (exact) mass is 255 g/mol. The molecule has 0 aliphatic heterocycles. The van der Waals surface area contributed by atoms with Gasteiger partial charge in [0.15, 0.2) is 0 Å². The van der Waals surface area contributed by atoms with Crippen LogP contribution in [0, 0.1) is 4.91 Å². The molecule has 0 fully saturated rings. The van der Waals surface area contributed by atoms with Crippen LogP contribution in [0.5, 0.6) is 0 Å². The van der Waals surface area contributed by atoms with E-state index < -0.39 is 11.7 Å². The van der Waals surface area contributed by atoms with Crippen molar-refractivity contribution in [2.24, 2.45) is 5.18 Å². The second kappa shape index (κ2) is 4.45. The maximum atomic E-state index is 12.5. The fourth-order valence-electron chi connectivity index (χ4n) is 1.07. The second-order valence-corrected chi connectivity index (χ2v) is 3.81. The highest BCUT2D eigenvalue weighted by Gasteiger charge is 2.33. The first-order valence-corrected chi connectivity index (χ1v) is 4.76. The summed E-state index contributed by atoms with van der Waals surface area (Å²) in [7, 11) is 1.93. The maximum Gasteiger partial charge on any atom is 0.417 e. The summed E-state index contributed by atoms with van der Waals surface area (Å²) in [5.74, 6) is 0. The number of hydrogen-bond acceptors (Lipinski definition) is 2. The van der Waals surface area contributed by atoms with Crippen LogP contribution in [0.2, 0.25) is 5.02 Å². The zero-order valence-corrected chi connectivity index (χ0v) is 9.22. The molecule has 0 radical (unpaired) electrons. The molecule has 7 heteroatoms. The fourth-order valence-corrected chi connectivity index (χ4v) is 1.65. The minimum Gasteiger partial charge on any atom is -0.166 e. The Labute approximate surface area is 91.0 Å². The molecule has 1 rings (SSSR count). The second-order valence-electron chi connectivity index (χ2n) is 2.82. The molecule has 82 valence electrons. The molecule has 0 N–H and O–H groups in total. The molecular formula is C8H6ClF3NOP. The van der Waals surface area contributed by atoms with E-state index in [2.05, 4.69) is 5.18 Å². The lowest BCUT2D eigenvalue weighted by molar-refractivity contribution is -0.136. The van der Waals surface area contributed by atoms with Gasteiger partial charge < -0.3 is 0 Å². The number of alkyl halides is 3. The Hall–Kier alpha value is -0.670. The summed E-state index contributed by atoms with van der Waals surface area (Å²) in [6.45, 7) is -0.326. The van der Waals surface area contributed by atoms with Gasteiger partial charge in [0.25, 0.3) is 0 Å². The Bertz CT molecular complexity index is 394. The van der Waals surface area contributed by atoms with Gasteiger partial charge in [-0.25, -0.2) is 0 Å². The highest BCUT2D eigenvalue weighted by Crippen LogP contribution is 2.31. The minimum atomic E-state index is -4.49. The Morgan fingerprint density at radius 2 is 2.00 bits per heavy atom. The van der Waals surface area contributed by atoms with Gasteiger partial charge >= 0.3 is 6.18 Å². The van der Waals surface area contributed by atoms with E-state index in [1.807, 2.05) is 9.24 Å². The lowest BCUT2D eigenvalue weighted by Gasteiger charge is -2.12. The predicted octanol–water partition coefficient (Wildman–Crippen LogP) is 3.13. The van der Waals surface area contributed by atoms with E-state index in [1.165, 1.54) is 6.07 Å². The van der Waals surface area contributed by atoms with E-state index in [9.17, 15) is 18.1 Å². The highest BCUT2D eigenvalue weighted by molar-refractivity contribution is 7.28. The Kier molecular flexibility index (Phi) is 3.68. The van der Waals surface area contributed by atoms with Crippen molar-refractivity contribution in [3.05, 3.63) is 33.2 Å². The first-order valence-electron chi connectivity index (χ1n) is 3.80. The van der Waals surface area contributed by atoms with Crippen LogP contribution < -0.4 is 5.30 Å². The number of benzene rings is 1. The summed E-state index contributed by atoms with van der Waals surface area (Å²) in [5, 5.41) is 2.34. The van der Waals surface area contributed by atoms with Gasteiger partial charge in [-0.15, -0.1) is 9.24 Å². The first kappa shape index (κ1) is 12.4. The van der Waals surface area contributed by atoms with Crippen molar-refractivity contribution in [1.29, 1.82) is 0 Å². The van der Waals surface area contributed by atoms with Crippen LogP contribution in [0.1, 0.15) is 11.1 Å². The molecule has 15 heavy (non-hydrogen) atoms. The van der Waals surface area contributed by atoms with E-state index >= 15 is 0 Å². The van der Waals surface area contributed by atoms with Crippen LogP contribution in [0.3, 0.4) is 0 Å². The minimum absolute atomic E-state index is 0.0477. The number of rotatable bonds is 2. The third kappa shape index (κ3) is 2.89. The quantitative estimate of drug-likeness (QED) is 0.590. The van der Waals surface area contributed by atoms with Crippen LogP contribution in [0.4, 0.5) is 13.2 Å². The Morgan fingerprint density at radius 3 is 2.47 bits per heavy atom. The molecule has 0 spiro atoms. The lowest BCUT2D eigenvalue weighted by Crippen LogP contribution is -2.16. The van der Waals surface area contributed by atoms with Gasteiger partial charge in [0.2, 0.25) is 0 Å². The molecule has 0 aliphatic rings. The van der Waals surface area contributed by atoms with Crippen molar-refractivity contribution in [2.75, 3.05) is 0 Å². The van der Waals surface area contributed by atoms with Gasteiger partial charge in [0, 0.05) is 10.3 Å². The molecule has 0 heterocycles. The van der Waals surface area contributed by atoms with E-state index in [-0.39, 0.29) is 22.4 Å². The molecular weight excluding hydrogens is 250 g/mol. The Morgan fingerprint density at radius 1 is 1.40 bits per heavy atom. The largest absolute Gasteiger partial charge is 0.417 e. The summed E-state index contributed by atoms with van der Waals surface area (Å²) < 4.78 is 37.4. The molecule has 1 atom stereocenters. The van der Waals surface area contributed by atoms with Crippen LogP contribution in [0.25, 0.3) is 0 Å². The molecule has 0 aromatic heterocycles. The van der Waals surface area contributed by atoms with Crippen LogP contribution in [0.15, 0.2) is 17.3 Å². The zero-order valence-electron chi connectivity index (χ0n) is 7.31. The van der Waals surface area contributed by atoms with Gasteiger partial charge in [0.1, 0.15) is 6.54 Å². The van der Waals surface area contributed by atoms with Crippen molar-refractivity contribution < 1.29 is 13.2 Å². The molecule has 2 nitrogen and oxygen atoms in total. The standard InChI is InChI=1S/C8H6ClF3NOP/c9-6-2-4(3-13-14)1-5(7(6)15)8(10,11)12/h1-2H,3,15H2. The third-order valence-corrected chi connectivity index (χ3v) is 2.86. The van der Waals surface area contributed by atoms with Crippen LogP contribution in [-0.4, -0.2) is 0 Å². The third-order valence-electron chi connectivity index (χ3n) is 1.74. The summed E-state index contributed by atoms with van der Waals surface area (Å²) in [6.07, 6.45) is -4.49. The molecule has 0 aliphatic carbocycles. The van der Waals surface area contributed by atoms with Gasteiger partial charge in [-0.1, -0.05) is 16.8 Å². The molecule has 0 amide bonds. The predicted molar refractivity (Wildman–Crippen MR) is 55.3 cm³/mol. The summed E-state index contributed by atoms with van der Waals surface area (Å²) >= 11 is 5.60. The molecule has 1 unspecified atom stereocenters. The number of hydrogen-bond donors (Lipinski definition) is 0. The average Bonchev–Trinajstić information content (AvgIpc) is 2.09. The van der Waals surface area contributed by atoms with Crippen molar-refractivity contribution in [3.8, 4) is 0 Å². The van der Waals surface area contributed by atoms with Gasteiger partial charge in [-0.05, 0) is 17.7 Å². The SMILES string of the molecule is O=NCc1cc(Cl)c(P)c(C(F)(F)F)c1. The first-order chi connectivity index (χ1) is 6.86. The summed E-state index contributed by atoms with van der Waals surface area (Å²) in [5.41, 5.74) is -0.716. The average molecular weight is 256 g/mol. The van der Waals surface area contributed by atoms with Gasteiger partial charge in [-0.2, -0.15) is 18.1 Å². The molecule has 0 saturated carbocycles. The summed E-state index contributed by atoms with van der Waals surface area (Å²) in [6, 6.07) is 2.16. The molecule has 0 saturated heterocycles. The fraction of sp³-hybridized carbons (Fsp3) is 0.250.